The first-order valence-electron chi connectivity index (χ1n) is 10.8. The third-order valence-electron chi connectivity index (χ3n) is 5.40. The molecule has 0 saturated heterocycles. The number of aromatic nitrogens is 3. The number of nitrogens with one attached hydrogen (secondary N) is 2. The first-order chi connectivity index (χ1) is 16.5. The average molecular weight is 497 g/mol. The lowest BCUT2D eigenvalue weighted by atomic mass is 10.2. The predicted octanol–water partition coefficient (Wildman–Crippen LogP) is 4.35. The van der Waals surface area contributed by atoms with E-state index in [2.05, 4.69) is 20.3 Å². The number of hydrogen-bond acceptors (Lipinski definition) is 7. The van der Waals surface area contributed by atoms with Crippen LogP contribution in [0.3, 0.4) is 0 Å². The SMILES string of the molecule is O=C(CSCc1nc2sc3c(c2c(=O)[nH]1)CCC3)NCc1ccc(Oc2cccc(F)c2)nc1. The van der Waals surface area contributed by atoms with E-state index in [9.17, 15) is 14.0 Å². The summed E-state index contributed by atoms with van der Waals surface area (Å²) in [7, 11) is 0. The molecule has 0 unspecified atom stereocenters. The van der Waals surface area contributed by atoms with Crippen molar-refractivity contribution in [1.29, 1.82) is 0 Å². The predicted molar refractivity (Wildman–Crippen MR) is 131 cm³/mol. The Balaban J connectivity index is 1.09. The molecule has 0 spiro atoms. The topological polar surface area (TPSA) is 97.0 Å². The maximum absolute atomic E-state index is 13.2. The number of hydrogen-bond donors (Lipinski definition) is 2. The number of benzene rings is 1. The molecule has 0 saturated carbocycles. The molecule has 0 radical (unpaired) electrons. The highest BCUT2D eigenvalue weighted by Crippen LogP contribution is 2.34. The molecule has 0 atom stereocenters. The van der Waals surface area contributed by atoms with Crippen LogP contribution in [0.4, 0.5) is 4.39 Å². The Bertz CT molecular complexity index is 1400. The number of rotatable bonds is 8. The van der Waals surface area contributed by atoms with Gasteiger partial charge in [-0.15, -0.1) is 23.1 Å². The van der Waals surface area contributed by atoms with Crippen LogP contribution in [0.1, 0.15) is 28.2 Å². The van der Waals surface area contributed by atoms with Gasteiger partial charge in [-0.05, 0) is 42.5 Å². The van der Waals surface area contributed by atoms with Gasteiger partial charge in [0, 0.05) is 29.8 Å². The van der Waals surface area contributed by atoms with Crippen LogP contribution in [0.2, 0.25) is 0 Å². The molecule has 0 bridgehead atoms. The molecule has 2 N–H and O–H groups in total. The summed E-state index contributed by atoms with van der Waals surface area (Å²) in [5.74, 6) is 1.49. The summed E-state index contributed by atoms with van der Waals surface area (Å²) in [4.78, 5) is 38.5. The molecule has 10 heteroatoms. The van der Waals surface area contributed by atoms with Crippen molar-refractivity contribution in [1.82, 2.24) is 20.3 Å². The minimum Gasteiger partial charge on any atom is -0.439 e. The fraction of sp³-hybridized carbons (Fsp3) is 0.250. The molecule has 174 valence electrons. The van der Waals surface area contributed by atoms with Gasteiger partial charge in [0.05, 0.1) is 16.9 Å². The summed E-state index contributed by atoms with van der Waals surface area (Å²) in [6.07, 6.45) is 4.68. The van der Waals surface area contributed by atoms with Gasteiger partial charge in [0.1, 0.15) is 22.2 Å². The van der Waals surface area contributed by atoms with Gasteiger partial charge < -0.3 is 15.0 Å². The van der Waals surface area contributed by atoms with Gasteiger partial charge in [0.25, 0.3) is 5.56 Å². The van der Waals surface area contributed by atoms with Gasteiger partial charge in [-0.1, -0.05) is 12.1 Å². The van der Waals surface area contributed by atoms with E-state index in [-0.39, 0.29) is 23.0 Å². The number of fused-ring (bicyclic) bond motifs is 3. The number of carbonyl (C=O) groups is 1. The van der Waals surface area contributed by atoms with Crippen molar-refractivity contribution < 1.29 is 13.9 Å². The van der Waals surface area contributed by atoms with Crippen LogP contribution < -0.4 is 15.6 Å². The van der Waals surface area contributed by atoms with E-state index in [1.165, 1.54) is 28.8 Å². The quantitative estimate of drug-likeness (QED) is 0.377. The molecule has 1 aromatic carbocycles. The molecule has 0 fully saturated rings. The van der Waals surface area contributed by atoms with Crippen LogP contribution in [0.15, 0.2) is 47.4 Å². The summed E-state index contributed by atoms with van der Waals surface area (Å²) >= 11 is 3.01. The van der Waals surface area contributed by atoms with Crippen molar-refractivity contribution in [2.24, 2.45) is 0 Å². The third-order valence-corrected chi connectivity index (χ3v) is 7.53. The Kier molecular flexibility index (Phi) is 6.59. The molecule has 3 heterocycles. The first kappa shape index (κ1) is 22.5. The molecule has 5 rings (SSSR count). The first-order valence-corrected chi connectivity index (χ1v) is 12.8. The molecular weight excluding hydrogens is 475 g/mol. The highest BCUT2D eigenvalue weighted by atomic mass is 32.2. The average Bonchev–Trinajstić information content (AvgIpc) is 3.40. The molecule has 1 aliphatic carbocycles. The Hall–Kier alpha value is -3.24. The van der Waals surface area contributed by atoms with E-state index in [1.54, 1.807) is 41.8 Å². The maximum Gasteiger partial charge on any atom is 0.259 e. The maximum atomic E-state index is 13.2. The molecule has 4 aromatic rings. The van der Waals surface area contributed by atoms with Gasteiger partial charge in [-0.25, -0.2) is 14.4 Å². The van der Waals surface area contributed by atoms with Crippen LogP contribution in [-0.2, 0) is 29.9 Å². The minimum atomic E-state index is -0.382. The number of aromatic amines is 1. The standard InChI is InChI=1S/C24H21FN4O3S2/c25-15-3-1-4-16(9-15)32-21-8-7-14(11-27-21)10-26-20(30)13-33-12-19-28-23(31)22-17-5-2-6-18(17)34-24(22)29-19/h1,3-4,7-9,11H,2,5-6,10,12-13H2,(H,26,30)(H,28,29,31). The number of H-pyrrole nitrogens is 1. The van der Waals surface area contributed by atoms with Crippen LogP contribution in [0.5, 0.6) is 11.6 Å². The summed E-state index contributed by atoms with van der Waals surface area (Å²) in [6.45, 7) is 0.328. The Morgan fingerprint density at radius 3 is 3.00 bits per heavy atom. The Morgan fingerprint density at radius 2 is 2.18 bits per heavy atom. The zero-order valence-electron chi connectivity index (χ0n) is 18.1. The van der Waals surface area contributed by atoms with Crippen molar-refractivity contribution in [3.05, 3.63) is 80.6 Å². The number of thioether (sulfide) groups is 1. The van der Waals surface area contributed by atoms with E-state index in [1.807, 2.05) is 0 Å². The number of halogens is 1. The van der Waals surface area contributed by atoms with E-state index < -0.39 is 0 Å². The summed E-state index contributed by atoms with van der Waals surface area (Å²) in [5.41, 5.74) is 1.89. The zero-order valence-corrected chi connectivity index (χ0v) is 19.7. The van der Waals surface area contributed by atoms with Crippen LogP contribution in [0.25, 0.3) is 10.2 Å². The summed E-state index contributed by atoms with van der Waals surface area (Å²) < 4.78 is 18.8. The molecule has 7 nitrogen and oxygen atoms in total. The van der Waals surface area contributed by atoms with Gasteiger partial charge in [0.15, 0.2) is 0 Å². The van der Waals surface area contributed by atoms with E-state index in [0.717, 1.165) is 40.6 Å². The highest BCUT2D eigenvalue weighted by Gasteiger charge is 2.21. The number of pyridine rings is 1. The smallest absolute Gasteiger partial charge is 0.259 e. The van der Waals surface area contributed by atoms with Crippen molar-refractivity contribution in [2.45, 2.75) is 31.6 Å². The second-order valence-electron chi connectivity index (χ2n) is 7.88. The number of aryl methyl sites for hydroxylation is 2. The zero-order chi connectivity index (χ0) is 23.5. The summed E-state index contributed by atoms with van der Waals surface area (Å²) in [5, 5.41) is 3.59. The largest absolute Gasteiger partial charge is 0.439 e. The van der Waals surface area contributed by atoms with Crippen molar-refractivity contribution in [2.75, 3.05) is 5.75 Å². The monoisotopic (exact) mass is 496 g/mol. The van der Waals surface area contributed by atoms with E-state index >= 15 is 0 Å². The molecule has 0 aliphatic heterocycles. The van der Waals surface area contributed by atoms with Crippen LogP contribution in [-0.4, -0.2) is 26.6 Å². The highest BCUT2D eigenvalue weighted by molar-refractivity contribution is 7.99. The van der Waals surface area contributed by atoms with Crippen LogP contribution >= 0.6 is 23.1 Å². The van der Waals surface area contributed by atoms with Crippen molar-refractivity contribution in [3.63, 3.8) is 0 Å². The van der Waals surface area contributed by atoms with Gasteiger partial charge >= 0.3 is 0 Å². The minimum absolute atomic E-state index is 0.0817. The summed E-state index contributed by atoms with van der Waals surface area (Å²) in [6, 6.07) is 9.28. The van der Waals surface area contributed by atoms with Crippen molar-refractivity contribution >= 4 is 39.2 Å². The second kappa shape index (κ2) is 9.94. The third kappa shape index (κ3) is 5.13. The molecule has 34 heavy (non-hydrogen) atoms. The lowest BCUT2D eigenvalue weighted by molar-refractivity contribution is -0.118. The molecule has 1 aliphatic rings. The van der Waals surface area contributed by atoms with Gasteiger partial charge in [-0.3, -0.25) is 9.59 Å². The lowest BCUT2D eigenvalue weighted by Crippen LogP contribution is -2.24. The normalized spacial score (nSPS) is 12.6. The molecule has 3 aromatic heterocycles. The van der Waals surface area contributed by atoms with Gasteiger partial charge in [-0.2, -0.15) is 0 Å². The Labute approximate surface area is 202 Å². The van der Waals surface area contributed by atoms with E-state index in [4.69, 9.17) is 4.74 Å². The van der Waals surface area contributed by atoms with Crippen LogP contribution in [0, 0.1) is 5.82 Å². The molecule has 1 amide bonds. The fourth-order valence-electron chi connectivity index (χ4n) is 3.83. The van der Waals surface area contributed by atoms with Crippen molar-refractivity contribution in [3.8, 4) is 11.6 Å². The number of thiophene rings is 1. The Morgan fingerprint density at radius 1 is 1.26 bits per heavy atom. The molecular formula is C24H21FN4O3S2. The fourth-order valence-corrected chi connectivity index (χ4v) is 5.83. The number of nitrogens with zero attached hydrogens (tertiary/aromatic N) is 2. The number of carbonyl (C=O) groups excluding carboxylic acids is 1. The number of ether oxygens (including phenoxy) is 1. The van der Waals surface area contributed by atoms with Gasteiger partial charge in [0.2, 0.25) is 11.8 Å². The number of amides is 1. The second-order valence-corrected chi connectivity index (χ2v) is 9.95. The van der Waals surface area contributed by atoms with E-state index in [0.29, 0.717) is 29.8 Å². The lowest BCUT2D eigenvalue weighted by Gasteiger charge is -2.07.